The lowest BCUT2D eigenvalue weighted by molar-refractivity contribution is -0.117. The Balaban J connectivity index is 1.88. The van der Waals surface area contributed by atoms with Crippen LogP contribution in [-0.4, -0.2) is 56.7 Å². The van der Waals surface area contributed by atoms with E-state index in [4.69, 9.17) is 13.9 Å². The lowest BCUT2D eigenvalue weighted by Crippen LogP contribution is -2.36. The summed E-state index contributed by atoms with van der Waals surface area (Å²) in [6.45, 7) is -0.560. The van der Waals surface area contributed by atoms with E-state index in [0.29, 0.717) is 5.56 Å². The smallest absolute Gasteiger partial charge is 0.239 e. The van der Waals surface area contributed by atoms with Crippen molar-refractivity contribution < 1.29 is 39.4 Å². The monoisotopic (exact) mass is 402 g/mol. The maximum Gasteiger partial charge on any atom is 0.239 e. The van der Waals surface area contributed by atoms with Gasteiger partial charge in [0.2, 0.25) is 17.5 Å². The number of hydrogen-bond donors (Lipinski definition) is 5. The van der Waals surface area contributed by atoms with Gasteiger partial charge in [0, 0.05) is 5.56 Å². The SMILES string of the molecule is O=c1c(O[C@@H]2OC(CO)[C@H](O)C2O)c(-c2ccc(O)cc2)oc2cccc(O)c12. The first kappa shape index (κ1) is 19.2. The third-order valence-electron chi connectivity index (χ3n) is 4.72. The summed E-state index contributed by atoms with van der Waals surface area (Å²) in [5.74, 6) is -0.703. The van der Waals surface area contributed by atoms with E-state index in [9.17, 15) is 30.3 Å². The zero-order chi connectivity index (χ0) is 20.7. The standard InChI is InChI=1S/C20H18O9/c21-8-13-15(24)17(26)20(28-13)29-19-16(25)14-11(23)2-1-3-12(14)27-18(19)9-4-6-10(22)7-5-9/h1-7,13,15,17,20-24,26H,8H2/t13?,15-,17?,20-/m0/s1. The summed E-state index contributed by atoms with van der Waals surface area (Å²) in [5.41, 5.74) is -0.233. The van der Waals surface area contributed by atoms with Crippen LogP contribution in [0.2, 0.25) is 0 Å². The fourth-order valence-electron chi connectivity index (χ4n) is 3.19. The highest BCUT2D eigenvalue weighted by molar-refractivity contribution is 5.87. The number of rotatable bonds is 4. The van der Waals surface area contributed by atoms with E-state index in [0.717, 1.165) is 0 Å². The van der Waals surface area contributed by atoms with Crippen molar-refractivity contribution in [1.29, 1.82) is 0 Å². The highest BCUT2D eigenvalue weighted by atomic mass is 16.7. The number of ether oxygens (including phenoxy) is 2. The van der Waals surface area contributed by atoms with Gasteiger partial charge in [-0.25, -0.2) is 0 Å². The second kappa shape index (κ2) is 7.37. The molecule has 9 heteroatoms. The average Bonchev–Trinajstić information content (AvgIpc) is 2.98. The third-order valence-corrected chi connectivity index (χ3v) is 4.72. The second-order valence-electron chi connectivity index (χ2n) is 6.61. The van der Waals surface area contributed by atoms with Crippen molar-refractivity contribution >= 4 is 11.0 Å². The molecule has 0 aliphatic carbocycles. The van der Waals surface area contributed by atoms with Crippen LogP contribution in [-0.2, 0) is 4.74 Å². The molecule has 0 amide bonds. The summed E-state index contributed by atoms with van der Waals surface area (Å²) >= 11 is 0. The summed E-state index contributed by atoms with van der Waals surface area (Å²) < 4.78 is 16.7. The maximum absolute atomic E-state index is 13.1. The number of aliphatic hydroxyl groups is 3. The summed E-state index contributed by atoms with van der Waals surface area (Å²) in [5, 5.41) is 48.8. The minimum Gasteiger partial charge on any atom is -0.508 e. The molecule has 1 fully saturated rings. The van der Waals surface area contributed by atoms with Gasteiger partial charge in [0.25, 0.3) is 0 Å². The predicted octanol–water partition coefficient (Wildman–Crippen LogP) is 0.689. The van der Waals surface area contributed by atoms with Crippen LogP contribution in [0, 0.1) is 0 Å². The maximum atomic E-state index is 13.1. The minimum atomic E-state index is -1.53. The number of phenols is 2. The molecule has 2 aromatic carbocycles. The van der Waals surface area contributed by atoms with Crippen LogP contribution in [0.25, 0.3) is 22.3 Å². The van der Waals surface area contributed by atoms with E-state index in [1.54, 1.807) is 0 Å². The highest BCUT2D eigenvalue weighted by Gasteiger charge is 2.44. The van der Waals surface area contributed by atoms with Crippen LogP contribution >= 0.6 is 0 Å². The lowest BCUT2D eigenvalue weighted by atomic mass is 10.1. The molecular formula is C20H18O9. The van der Waals surface area contributed by atoms with Crippen LogP contribution < -0.4 is 10.2 Å². The Morgan fingerprint density at radius 3 is 2.38 bits per heavy atom. The quantitative estimate of drug-likeness (QED) is 0.425. The summed E-state index contributed by atoms with van der Waals surface area (Å²) in [6.07, 6.45) is -5.49. The second-order valence-corrected chi connectivity index (χ2v) is 6.61. The number of benzene rings is 2. The van der Waals surface area contributed by atoms with Crippen LogP contribution in [0.15, 0.2) is 51.7 Å². The Morgan fingerprint density at radius 1 is 1.00 bits per heavy atom. The van der Waals surface area contributed by atoms with Crippen molar-refractivity contribution in [1.82, 2.24) is 0 Å². The molecule has 152 valence electrons. The summed E-state index contributed by atoms with van der Waals surface area (Å²) in [6, 6.07) is 10.1. The van der Waals surface area contributed by atoms with Gasteiger partial charge in [0.05, 0.1) is 6.61 Å². The molecule has 29 heavy (non-hydrogen) atoms. The fraction of sp³-hybridized carbons (Fsp3) is 0.250. The topological polar surface area (TPSA) is 150 Å². The summed E-state index contributed by atoms with van der Waals surface area (Å²) in [7, 11) is 0. The van der Waals surface area contributed by atoms with E-state index in [1.807, 2.05) is 0 Å². The molecule has 0 radical (unpaired) electrons. The molecule has 9 nitrogen and oxygen atoms in total. The number of hydrogen-bond acceptors (Lipinski definition) is 9. The van der Waals surface area contributed by atoms with Gasteiger partial charge in [0.1, 0.15) is 40.8 Å². The van der Waals surface area contributed by atoms with Crippen LogP contribution in [0.3, 0.4) is 0 Å². The van der Waals surface area contributed by atoms with Gasteiger partial charge in [-0.1, -0.05) is 6.07 Å². The minimum absolute atomic E-state index is 0.000423. The van der Waals surface area contributed by atoms with Gasteiger partial charge in [-0.3, -0.25) is 4.79 Å². The van der Waals surface area contributed by atoms with Crippen molar-refractivity contribution in [3.63, 3.8) is 0 Å². The van der Waals surface area contributed by atoms with Crippen molar-refractivity contribution in [2.45, 2.75) is 24.6 Å². The average molecular weight is 402 g/mol. The first-order valence-corrected chi connectivity index (χ1v) is 8.78. The van der Waals surface area contributed by atoms with Gasteiger partial charge in [-0.15, -0.1) is 0 Å². The van der Waals surface area contributed by atoms with E-state index >= 15 is 0 Å². The van der Waals surface area contributed by atoms with E-state index in [-0.39, 0.29) is 34.0 Å². The molecule has 4 rings (SSSR count). The Kier molecular flexibility index (Phi) is 4.89. The Bertz CT molecular complexity index is 1090. The highest BCUT2D eigenvalue weighted by Crippen LogP contribution is 2.35. The third kappa shape index (κ3) is 3.30. The first-order chi connectivity index (χ1) is 13.9. The van der Waals surface area contributed by atoms with Gasteiger partial charge in [0.15, 0.2) is 5.76 Å². The van der Waals surface area contributed by atoms with Crippen molar-refractivity contribution in [2.75, 3.05) is 6.61 Å². The molecule has 0 spiro atoms. The van der Waals surface area contributed by atoms with Crippen molar-refractivity contribution in [2.24, 2.45) is 0 Å². The fourth-order valence-corrected chi connectivity index (χ4v) is 3.19. The number of aliphatic hydroxyl groups excluding tert-OH is 3. The molecule has 1 aliphatic rings. The normalized spacial score (nSPS) is 24.1. The molecule has 4 atom stereocenters. The Hall–Kier alpha value is -3.11. The molecule has 0 bridgehead atoms. The molecule has 1 saturated heterocycles. The first-order valence-electron chi connectivity index (χ1n) is 8.78. The van der Waals surface area contributed by atoms with Crippen LogP contribution in [0.4, 0.5) is 0 Å². The summed E-state index contributed by atoms with van der Waals surface area (Å²) in [4.78, 5) is 13.1. The molecule has 2 unspecified atom stereocenters. The Labute approximate surface area is 163 Å². The zero-order valence-electron chi connectivity index (χ0n) is 14.9. The molecule has 0 saturated carbocycles. The number of fused-ring (bicyclic) bond motifs is 1. The number of phenolic OH excluding ortho intramolecular Hbond substituents is 2. The molecule has 1 aliphatic heterocycles. The molecule has 5 N–H and O–H groups in total. The van der Waals surface area contributed by atoms with Gasteiger partial charge in [-0.2, -0.15) is 0 Å². The van der Waals surface area contributed by atoms with Crippen LogP contribution in [0.1, 0.15) is 0 Å². The van der Waals surface area contributed by atoms with E-state index in [1.165, 1.54) is 42.5 Å². The number of aromatic hydroxyl groups is 2. The predicted molar refractivity (Wildman–Crippen MR) is 99.6 cm³/mol. The van der Waals surface area contributed by atoms with Gasteiger partial charge in [-0.05, 0) is 36.4 Å². The van der Waals surface area contributed by atoms with Crippen LogP contribution in [0.5, 0.6) is 17.2 Å². The lowest BCUT2D eigenvalue weighted by Gasteiger charge is -2.18. The van der Waals surface area contributed by atoms with Gasteiger partial charge < -0.3 is 39.4 Å². The zero-order valence-corrected chi connectivity index (χ0v) is 14.9. The Morgan fingerprint density at radius 2 is 1.72 bits per heavy atom. The van der Waals surface area contributed by atoms with Gasteiger partial charge >= 0.3 is 0 Å². The molecule has 1 aromatic heterocycles. The molecule has 2 heterocycles. The molecule has 3 aromatic rings. The largest absolute Gasteiger partial charge is 0.508 e. The van der Waals surface area contributed by atoms with E-state index in [2.05, 4.69) is 0 Å². The molecular weight excluding hydrogens is 384 g/mol. The van der Waals surface area contributed by atoms with Crippen molar-refractivity contribution in [3.05, 3.63) is 52.7 Å². The van der Waals surface area contributed by atoms with E-state index < -0.39 is 36.6 Å². The van der Waals surface area contributed by atoms with Crippen molar-refractivity contribution in [3.8, 4) is 28.6 Å².